The number of anilines is 1. The number of fused-ring (bicyclic) bond motifs is 1. The molecule has 0 radical (unpaired) electrons. The number of rotatable bonds is 5. The number of nitrogens with one attached hydrogen (secondary N) is 1. The second kappa shape index (κ2) is 7.15. The predicted molar refractivity (Wildman–Crippen MR) is 92.1 cm³/mol. The molecule has 0 saturated heterocycles. The van der Waals surface area contributed by atoms with Gasteiger partial charge in [0.2, 0.25) is 0 Å². The van der Waals surface area contributed by atoms with Crippen molar-refractivity contribution in [3.8, 4) is 6.07 Å². The van der Waals surface area contributed by atoms with Crippen LogP contribution in [0.2, 0.25) is 0 Å². The molecule has 25 heavy (non-hydrogen) atoms. The summed E-state index contributed by atoms with van der Waals surface area (Å²) in [7, 11) is 0. The second-order valence-electron chi connectivity index (χ2n) is 5.31. The van der Waals surface area contributed by atoms with Gasteiger partial charge in [0.05, 0.1) is 23.7 Å². The lowest BCUT2D eigenvalue weighted by Crippen LogP contribution is -2.30. The topological polar surface area (TPSA) is 96.5 Å². The van der Waals surface area contributed by atoms with Gasteiger partial charge >= 0.3 is 5.97 Å². The van der Waals surface area contributed by atoms with Crippen LogP contribution in [0.3, 0.4) is 0 Å². The number of ether oxygens (including phenoxy) is 1. The van der Waals surface area contributed by atoms with Crippen LogP contribution >= 0.6 is 11.3 Å². The molecule has 1 amide bonds. The quantitative estimate of drug-likeness (QED) is 0.710. The van der Waals surface area contributed by atoms with Crippen LogP contribution in [0, 0.1) is 11.3 Å². The summed E-state index contributed by atoms with van der Waals surface area (Å²) in [5.74, 6) is -0.961. The molecule has 1 aromatic carbocycles. The third-order valence-electron chi connectivity index (χ3n) is 3.43. The summed E-state index contributed by atoms with van der Waals surface area (Å²) in [5, 5.41) is 13.3. The highest BCUT2D eigenvalue weighted by atomic mass is 32.1. The molecule has 0 unspecified atom stereocenters. The van der Waals surface area contributed by atoms with Gasteiger partial charge in [0.25, 0.3) is 5.91 Å². The van der Waals surface area contributed by atoms with Crippen LogP contribution in [0.15, 0.2) is 42.0 Å². The number of aromatic nitrogens is 2. The average molecular weight is 354 g/mol. The zero-order chi connectivity index (χ0) is 17.8. The van der Waals surface area contributed by atoms with Crippen LogP contribution in [0.4, 0.5) is 5.69 Å². The van der Waals surface area contributed by atoms with E-state index in [-0.39, 0.29) is 6.42 Å². The molecule has 0 saturated carbocycles. The van der Waals surface area contributed by atoms with Gasteiger partial charge in [0.1, 0.15) is 0 Å². The normalized spacial score (nSPS) is 11.7. The summed E-state index contributed by atoms with van der Waals surface area (Å²) in [6.45, 7) is 1.50. The van der Waals surface area contributed by atoms with Crippen molar-refractivity contribution in [3.63, 3.8) is 0 Å². The zero-order valence-corrected chi connectivity index (χ0v) is 14.1. The molecule has 0 fully saturated rings. The van der Waals surface area contributed by atoms with Crippen molar-refractivity contribution >= 4 is 33.9 Å². The monoisotopic (exact) mass is 354 g/mol. The molecule has 8 heteroatoms. The van der Waals surface area contributed by atoms with Crippen LogP contribution in [-0.4, -0.2) is 27.4 Å². The van der Waals surface area contributed by atoms with Crippen LogP contribution in [0.25, 0.3) is 4.96 Å². The summed E-state index contributed by atoms with van der Waals surface area (Å²) < 4.78 is 6.98. The van der Waals surface area contributed by atoms with Crippen molar-refractivity contribution in [2.45, 2.75) is 19.4 Å². The number of imidazole rings is 1. The van der Waals surface area contributed by atoms with E-state index in [0.717, 1.165) is 4.96 Å². The van der Waals surface area contributed by atoms with Crippen molar-refractivity contribution in [2.75, 3.05) is 5.32 Å². The van der Waals surface area contributed by atoms with E-state index in [1.165, 1.54) is 18.3 Å². The number of hydrogen-bond acceptors (Lipinski definition) is 6. The molecule has 0 aliphatic carbocycles. The van der Waals surface area contributed by atoms with E-state index in [1.54, 1.807) is 30.5 Å². The Morgan fingerprint density at radius 1 is 1.40 bits per heavy atom. The molecule has 0 spiro atoms. The first-order valence-corrected chi connectivity index (χ1v) is 8.34. The van der Waals surface area contributed by atoms with Gasteiger partial charge in [-0.15, -0.1) is 11.3 Å². The van der Waals surface area contributed by atoms with Crippen LogP contribution in [0.1, 0.15) is 18.2 Å². The fourth-order valence-electron chi connectivity index (χ4n) is 2.17. The van der Waals surface area contributed by atoms with Crippen LogP contribution < -0.4 is 5.32 Å². The van der Waals surface area contributed by atoms with Crippen LogP contribution in [-0.2, 0) is 20.7 Å². The predicted octanol–water partition coefficient (Wildman–Crippen LogP) is 2.38. The van der Waals surface area contributed by atoms with E-state index in [9.17, 15) is 9.59 Å². The fraction of sp³-hybridized carbons (Fsp3) is 0.176. The van der Waals surface area contributed by atoms with Gasteiger partial charge in [0.15, 0.2) is 11.1 Å². The highest BCUT2D eigenvalue weighted by Gasteiger charge is 2.19. The highest BCUT2D eigenvalue weighted by Crippen LogP contribution is 2.13. The van der Waals surface area contributed by atoms with E-state index in [2.05, 4.69) is 10.3 Å². The summed E-state index contributed by atoms with van der Waals surface area (Å²) in [6.07, 6.45) is 2.68. The number of nitrogens with zero attached hydrogens (tertiary/aromatic N) is 3. The number of esters is 1. The number of amides is 1. The van der Waals surface area contributed by atoms with Crippen LogP contribution in [0.5, 0.6) is 0 Å². The molecule has 1 N–H and O–H groups in total. The molecular weight excluding hydrogens is 340 g/mol. The van der Waals surface area contributed by atoms with Crippen molar-refractivity contribution in [3.05, 3.63) is 53.3 Å². The third-order valence-corrected chi connectivity index (χ3v) is 4.20. The van der Waals surface area contributed by atoms with Gasteiger partial charge < -0.3 is 10.1 Å². The maximum Gasteiger partial charge on any atom is 0.312 e. The van der Waals surface area contributed by atoms with E-state index >= 15 is 0 Å². The molecule has 2 heterocycles. The van der Waals surface area contributed by atoms with Gasteiger partial charge in [-0.2, -0.15) is 5.26 Å². The Balaban J connectivity index is 1.53. The smallest absolute Gasteiger partial charge is 0.312 e. The first-order valence-electron chi connectivity index (χ1n) is 7.47. The average Bonchev–Trinajstić information content (AvgIpc) is 3.16. The summed E-state index contributed by atoms with van der Waals surface area (Å²) in [4.78, 5) is 29.2. The minimum Gasteiger partial charge on any atom is -0.452 e. The number of carbonyl (C=O) groups is 2. The van der Waals surface area contributed by atoms with Gasteiger partial charge in [0, 0.05) is 23.5 Å². The largest absolute Gasteiger partial charge is 0.452 e. The molecule has 3 rings (SSSR count). The van der Waals surface area contributed by atoms with E-state index in [4.69, 9.17) is 10.00 Å². The third kappa shape index (κ3) is 4.02. The number of thiazole rings is 1. The lowest BCUT2D eigenvalue weighted by Gasteiger charge is -2.13. The van der Waals surface area contributed by atoms with Crippen molar-refractivity contribution < 1.29 is 14.3 Å². The molecule has 0 bridgehead atoms. The number of benzene rings is 1. The molecule has 126 valence electrons. The first-order chi connectivity index (χ1) is 12.0. The Kier molecular flexibility index (Phi) is 4.77. The molecular formula is C17H14N4O3S. The van der Waals surface area contributed by atoms with E-state index in [0.29, 0.717) is 16.9 Å². The Morgan fingerprint density at radius 3 is 2.84 bits per heavy atom. The zero-order valence-electron chi connectivity index (χ0n) is 13.3. The van der Waals surface area contributed by atoms with Gasteiger partial charge in [-0.05, 0) is 31.2 Å². The van der Waals surface area contributed by atoms with Gasteiger partial charge in [-0.1, -0.05) is 0 Å². The Morgan fingerprint density at radius 2 is 2.16 bits per heavy atom. The molecule has 3 aromatic rings. The van der Waals surface area contributed by atoms with E-state index < -0.39 is 18.0 Å². The molecule has 0 aliphatic heterocycles. The number of hydrogen-bond donors (Lipinski definition) is 1. The lowest BCUT2D eigenvalue weighted by molar-refractivity contribution is -0.152. The number of carbonyl (C=O) groups excluding carboxylic acids is 2. The maximum atomic E-state index is 12.1. The summed E-state index contributed by atoms with van der Waals surface area (Å²) in [6, 6.07) is 8.41. The van der Waals surface area contributed by atoms with E-state index in [1.807, 2.05) is 22.0 Å². The fourth-order valence-corrected chi connectivity index (χ4v) is 2.89. The SMILES string of the molecule is C[C@H](OC(=O)Cc1cn2ccsc2n1)C(=O)Nc1ccc(C#N)cc1. The molecule has 1 atom stereocenters. The Bertz CT molecular complexity index is 924. The standard InChI is InChI=1S/C17H14N4O3S/c1-11(16(23)19-13-4-2-12(9-18)3-5-13)24-15(22)8-14-10-21-6-7-25-17(21)20-14/h2-7,10-11H,8H2,1H3,(H,19,23)/t11-/m0/s1. The molecule has 2 aromatic heterocycles. The lowest BCUT2D eigenvalue weighted by atomic mass is 10.2. The molecule has 0 aliphatic rings. The van der Waals surface area contributed by atoms with Gasteiger partial charge in [-0.25, -0.2) is 4.98 Å². The minimum absolute atomic E-state index is 0.00286. The first kappa shape index (κ1) is 16.7. The molecule has 7 nitrogen and oxygen atoms in total. The maximum absolute atomic E-state index is 12.1. The summed E-state index contributed by atoms with van der Waals surface area (Å²) in [5.41, 5.74) is 1.62. The minimum atomic E-state index is -0.938. The van der Waals surface area contributed by atoms with Crippen molar-refractivity contribution in [1.29, 1.82) is 5.26 Å². The van der Waals surface area contributed by atoms with Crippen molar-refractivity contribution in [1.82, 2.24) is 9.38 Å². The second-order valence-corrected chi connectivity index (χ2v) is 6.19. The number of nitriles is 1. The van der Waals surface area contributed by atoms with Crippen molar-refractivity contribution in [2.24, 2.45) is 0 Å². The van der Waals surface area contributed by atoms with Gasteiger partial charge in [-0.3, -0.25) is 14.0 Å². The summed E-state index contributed by atoms with van der Waals surface area (Å²) >= 11 is 1.47. The Labute approximate surface area is 147 Å². The Hall–Kier alpha value is -3.18. The highest BCUT2D eigenvalue weighted by molar-refractivity contribution is 7.15.